The molecule has 10 heteroatoms. The van der Waals surface area contributed by atoms with Crippen LogP contribution in [0.1, 0.15) is 44.6 Å². The van der Waals surface area contributed by atoms with E-state index in [1.807, 2.05) is 55.5 Å². The minimum atomic E-state index is -0.507. The first-order valence-electron chi connectivity index (χ1n) is 11.6. The number of hydrazone groups is 1. The third kappa shape index (κ3) is 5.34. The molecule has 2 heterocycles. The normalized spacial score (nSPS) is 15.5. The Morgan fingerprint density at radius 1 is 1.11 bits per heavy atom. The van der Waals surface area contributed by atoms with E-state index in [9.17, 15) is 14.9 Å². The lowest BCUT2D eigenvalue weighted by Crippen LogP contribution is -2.22. The van der Waals surface area contributed by atoms with Crippen LogP contribution in [0.15, 0.2) is 77.9 Å². The number of benzene rings is 3. The maximum atomic E-state index is 12.8. The van der Waals surface area contributed by atoms with Gasteiger partial charge < -0.3 is 10.1 Å². The van der Waals surface area contributed by atoms with E-state index >= 15 is 0 Å². The number of nitro benzene ring substituents is 1. The lowest BCUT2D eigenvalue weighted by molar-refractivity contribution is -0.384. The van der Waals surface area contributed by atoms with Crippen molar-refractivity contribution in [3.8, 4) is 5.75 Å². The molecule has 9 nitrogen and oxygen atoms in total. The zero-order valence-electron chi connectivity index (χ0n) is 20.1. The molecule has 1 aliphatic rings. The number of fused-ring (bicyclic) bond motifs is 1. The van der Waals surface area contributed by atoms with Crippen molar-refractivity contribution in [3.05, 3.63) is 110 Å². The summed E-state index contributed by atoms with van der Waals surface area (Å²) in [5, 5.41) is 18.9. The fourth-order valence-corrected chi connectivity index (χ4v) is 4.87. The summed E-state index contributed by atoms with van der Waals surface area (Å²) >= 11 is 1.16. The first kappa shape index (κ1) is 24.1. The molecule has 2 N–H and O–H groups in total. The summed E-state index contributed by atoms with van der Waals surface area (Å²) in [5.74, 6) is 0.367. The van der Waals surface area contributed by atoms with Gasteiger partial charge in [0.2, 0.25) is 5.13 Å². The number of nitrogens with one attached hydrogen (secondary N) is 2. The number of anilines is 2. The average molecular weight is 514 g/mol. The summed E-state index contributed by atoms with van der Waals surface area (Å²) in [6.07, 6.45) is 0.393. The van der Waals surface area contributed by atoms with E-state index in [0.717, 1.165) is 39.5 Å². The number of rotatable bonds is 6. The molecule has 1 unspecified atom stereocenters. The van der Waals surface area contributed by atoms with Gasteiger partial charge in [0.25, 0.3) is 11.6 Å². The molecule has 0 fully saturated rings. The number of carbonyl (C=O) groups excluding carboxylic acids is 1. The Hall–Kier alpha value is -4.57. The van der Waals surface area contributed by atoms with Crippen molar-refractivity contribution in [1.29, 1.82) is 0 Å². The van der Waals surface area contributed by atoms with Gasteiger partial charge in [-0.25, -0.2) is 4.98 Å². The SMILES string of the molecule is Cc1ccc2c(c1)C(=NNc1nc(C)c(C(=O)Nc3cccc([N+](=O)[O-])c3)s1)CC(c1ccccc1)O2. The van der Waals surface area contributed by atoms with Crippen molar-refractivity contribution in [2.75, 3.05) is 10.7 Å². The molecule has 5 rings (SSSR count). The van der Waals surface area contributed by atoms with Crippen molar-refractivity contribution in [1.82, 2.24) is 4.98 Å². The summed E-state index contributed by atoms with van der Waals surface area (Å²) < 4.78 is 6.27. The number of nitrogens with zero attached hydrogens (tertiary/aromatic N) is 3. The zero-order chi connectivity index (χ0) is 25.9. The van der Waals surface area contributed by atoms with E-state index in [0.29, 0.717) is 27.8 Å². The molecule has 1 aliphatic heterocycles. The van der Waals surface area contributed by atoms with Crippen molar-refractivity contribution in [2.45, 2.75) is 26.4 Å². The Bertz CT molecular complexity index is 1520. The van der Waals surface area contributed by atoms with Crippen LogP contribution in [0.2, 0.25) is 0 Å². The van der Waals surface area contributed by atoms with Gasteiger partial charge in [-0.3, -0.25) is 20.3 Å². The molecule has 4 aromatic rings. The van der Waals surface area contributed by atoms with Gasteiger partial charge in [0.05, 0.1) is 16.3 Å². The molecule has 0 bridgehead atoms. The molecule has 0 saturated carbocycles. The van der Waals surface area contributed by atoms with Crippen LogP contribution in [-0.4, -0.2) is 21.5 Å². The Kier molecular flexibility index (Phi) is 6.65. The Morgan fingerprint density at radius 3 is 2.70 bits per heavy atom. The highest BCUT2D eigenvalue weighted by molar-refractivity contribution is 7.17. The molecular formula is C27H23N5O4S. The molecular weight excluding hydrogens is 490 g/mol. The van der Waals surface area contributed by atoms with Gasteiger partial charge in [-0.1, -0.05) is 59.4 Å². The Morgan fingerprint density at radius 2 is 1.92 bits per heavy atom. The maximum absolute atomic E-state index is 12.8. The predicted octanol–water partition coefficient (Wildman–Crippen LogP) is 6.26. The van der Waals surface area contributed by atoms with E-state index in [2.05, 4.69) is 20.8 Å². The van der Waals surface area contributed by atoms with E-state index in [1.165, 1.54) is 18.2 Å². The molecule has 186 valence electrons. The van der Waals surface area contributed by atoms with E-state index in [4.69, 9.17) is 4.74 Å². The fourth-order valence-electron chi connectivity index (χ4n) is 4.07. The first-order valence-corrected chi connectivity index (χ1v) is 12.4. The number of ether oxygens (including phenoxy) is 1. The van der Waals surface area contributed by atoms with Crippen LogP contribution in [0.5, 0.6) is 5.75 Å². The summed E-state index contributed by atoms with van der Waals surface area (Å²) in [7, 11) is 0. The average Bonchev–Trinajstić information content (AvgIpc) is 3.28. The van der Waals surface area contributed by atoms with Crippen LogP contribution in [0.4, 0.5) is 16.5 Å². The van der Waals surface area contributed by atoms with E-state index in [-0.39, 0.29) is 11.8 Å². The monoisotopic (exact) mass is 513 g/mol. The fraction of sp³-hybridized carbons (Fsp3) is 0.148. The second kappa shape index (κ2) is 10.2. The number of carbonyl (C=O) groups is 1. The summed E-state index contributed by atoms with van der Waals surface area (Å²) in [4.78, 5) is 28.2. The molecule has 1 atom stereocenters. The number of aromatic nitrogens is 1. The molecule has 0 radical (unpaired) electrons. The topological polar surface area (TPSA) is 119 Å². The predicted molar refractivity (Wildman–Crippen MR) is 144 cm³/mol. The van der Waals surface area contributed by atoms with E-state index < -0.39 is 10.8 Å². The van der Waals surface area contributed by atoms with Crippen molar-refractivity contribution >= 4 is 39.5 Å². The highest BCUT2D eigenvalue weighted by Crippen LogP contribution is 2.36. The lowest BCUT2D eigenvalue weighted by Gasteiger charge is -2.27. The number of aryl methyl sites for hydroxylation is 2. The third-order valence-electron chi connectivity index (χ3n) is 5.87. The summed E-state index contributed by atoms with van der Waals surface area (Å²) in [6.45, 7) is 3.75. The first-order chi connectivity index (χ1) is 17.9. The van der Waals surface area contributed by atoms with Crippen LogP contribution in [0.25, 0.3) is 0 Å². The molecule has 1 aromatic heterocycles. The standard InChI is InChI=1S/C27H23N5O4S/c1-16-11-12-23-21(13-16)22(15-24(36-23)18-7-4-3-5-8-18)30-31-27-28-17(2)25(37-27)26(33)29-19-9-6-10-20(14-19)32(34)35/h3-14,24H,15H2,1-2H3,(H,28,31)(H,29,33). The second-order valence-electron chi connectivity index (χ2n) is 8.59. The van der Waals surface area contributed by atoms with Crippen LogP contribution in [-0.2, 0) is 0 Å². The number of thiazole rings is 1. The molecule has 3 aromatic carbocycles. The Labute approximate surface area is 217 Å². The van der Waals surface area contributed by atoms with Gasteiger partial charge in [0, 0.05) is 29.8 Å². The number of non-ortho nitro benzene ring substituents is 1. The van der Waals surface area contributed by atoms with E-state index in [1.54, 1.807) is 13.0 Å². The molecule has 1 amide bonds. The number of nitro groups is 1. The van der Waals surface area contributed by atoms with Gasteiger partial charge in [0.1, 0.15) is 16.7 Å². The van der Waals surface area contributed by atoms with Crippen LogP contribution in [0.3, 0.4) is 0 Å². The number of hydrogen-bond acceptors (Lipinski definition) is 8. The highest BCUT2D eigenvalue weighted by atomic mass is 32.1. The summed E-state index contributed by atoms with van der Waals surface area (Å²) in [6, 6.07) is 21.8. The second-order valence-corrected chi connectivity index (χ2v) is 9.59. The molecule has 0 aliphatic carbocycles. The molecule has 0 saturated heterocycles. The van der Waals surface area contributed by atoms with Crippen LogP contribution in [0, 0.1) is 24.0 Å². The van der Waals surface area contributed by atoms with Gasteiger partial charge in [0.15, 0.2) is 0 Å². The number of amides is 1. The van der Waals surface area contributed by atoms with Crippen LogP contribution < -0.4 is 15.5 Å². The van der Waals surface area contributed by atoms with Crippen molar-refractivity contribution in [2.24, 2.45) is 5.10 Å². The van der Waals surface area contributed by atoms with Gasteiger partial charge >= 0.3 is 0 Å². The minimum absolute atomic E-state index is 0.0993. The van der Waals surface area contributed by atoms with Crippen LogP contribution >= 0.6 is 11.3 Å². The van der Waals surface area contributed by atoms with Gasteiger partial charge in [-0.2, -0.15) is 5.10 Å². The molecule has 37 heavy (non-hydrogen) atoms. The quantitative estimate of drug-likeness (QED) is 0.232. The highest BCUT2D eigenvalue weighted by Gasteiger charge is 2.27. The van der Waals surface area contributed by atoms with Gasteiger partial charge in [-0.05, 0) is 37.6 Å². The zero-order valence-corrected chi connectivity index (χ0v) is 20.9. The molecule has 0 spiro atoms. The third-order valence-corrected chi connectivity index (χ3v) is 6.93. The smallest absolute Gasteiger partial charge is 0.271 e. The Balaban J connectivity index is 1.37. The minimum Gasteiger partial charge on any atom is -0.485 e. The maximum Gasteiger partial charge on any atom is 0.271 e. The van der Waals surface area contributed by atoms with Crippen molar-refractivity contribution in [3.63, 3.8) is 0 Å². The van der Waals surface area contributed by atoms with Gasteiger partial charge in [-0.15, -0.1) is 0 Å². The largest absolute Gasteiger partial charge is 0.485 e. The summed E-state index contributed by atoms with van der Waals surface area (Å²) in [5.41, 5.74) is 7.69. The van der Waals surface area contributed by atoms with Crippen molar-refractivity contribution < 1.29 is 14.5 Å². The number of hydrogen-bond donors (Lipinski definition) is 2. The lowest BCUT2D eigenvalue weighted by atomic mass is 9.94.